The van der Waals surface area contributed by atoms with E-state index in [0.29, 0.717) is 0 Å². The zero-order valence-corrected chi connectivity index (χ0v) is 24.9. The van der Waals surface area contributed by atoms with Gasteiger partial charge in [-0.15, -0.1) is 12.6 Å². The van der Waals surface area contributed by atoms with E-state index in [9.17, 15) is 0 Å². The molecule has 186 valence electrons. The Balaban J connectivity index is 0. The number of thiocarbonyl (C=S) groups is 1. The number of nitrogens with zero attached hydrogens (tertiary/aromatic N) is 1. The SMILES string of the molecule is CCCCCCCCCCCCCN(CCCCCCCCCCCCC)C(=S)S.[Mo]. The molecule has 4 heteroatoms. The van der Waals surface area contributed by atoms with Crippen molar-refractivity contribution in [2.45, 2.75) is 155 Å². The summed E-state index contributed by atoms with van der Waals surface area (Å²) in [5.41, 5.74) is 0. The van der Waals surface area contributed by atoms with Gasteiger partial charge in [-0.05, 0) is 12.8 Å². The molecule has 0 N–H and O–H groups in total. The molecule has 0 atom stereocenters. The predicted molar refractivity (Wildman–Crippen MR) is 146 cm³/mol. The number of unbranched alkanes of at least 4 members (excludes halogenated alkanes) is 20. The summed E-state index contributed by atoms with van der Waals surface area (Å²) in [7, 11) is 0. The van der Waals surface area contributed by atoms with Gasteiger partial charge in [-0.1, -0.05) is 154 Å². The molecule has 31 heavy (non-hydrogen) atoms. The summed E-state index contributed by atoms with van der Waals surface area (Å²) in [6.07, 6.45) is 30.8. The van der Waals surface area contributed by atoms with Gasteiger partial charge in [0.2, 0.25) is 0 Å². The maximum atomic E-state index is 5.36. The minimum atomic E-state index is 0. The normalized spacial score (nSPS) is 10.8. The van der Waals surface area contributed by atoms with Crippen molar-refractivity contribution in [1.82, 2.24) is 4.90 Å². The van der Waals surface area contributed by atoms with E-state index in [4.69, 9.17) is 12.2 Å². The van der Waals surface area contributed by atoms with Gasteiger partial charge >= 0.3 is 0 Å². The molecule has 0 amide bonds. The summed E-state index contributed by atoms with van der Waals surface area (Å²) < 4.78 is 0.800. The standard InChI is InChI=1S/C27H55NS2.Mo/c1-3-5-7-9-11-13-15-17-19-21-23-25-28(27(29)30)26-24-22-20-18-16-14-12-10-8-6-4-2;/h3-26H2,1-2H3,(H,29,30);. The predicted octanol–water partition coefficient (Wildman–Crippen LogP) is 10.1. The molecule has 0 saturated heterocycles. The van der Waals surface area contributed by atoms with Crippen LogP contribution >= 0.6 is 24.8 Å². The molecule has 0 aromatic carbocycles. The van der Waals surface area contributed by atoms with Crippen LogP contribution in [0.4, 0.5) is 0 Å². The van der Waals surface area contributed by atoms with E-state index in [1.807, 2.05) is 0 Å². The van der Waals surface area contributed by atoms with E-state index < -0.39 is 0 Å². The van der Waals surface area contributed by atoms with Gasteiger partial charge in [-0.3, -0.25) is 0 Å². The molecule has 0 aliphatic rings. The third-order valence-corrected chi connectivity index (χ3v) is 6.87. The first-order chi connectivity index (χ1) is 14.7. The summed E-state index contributed by atoms with van der Waals surface area (Å²) in [4.78, 5) is 2.33. The van der Waals surface area contributed by atoms with Crippen LogP contribution in [0.25, 0.3) is 0 Å². The van der Waals surface area contributed by atoms with Crippen molar-refractivity contribution in [1.29, 1.82) is 0 Å². The van der Waals surface area contributed by atoms with Gasteiger partial charge in [0.1, 0.15) is 4.32 Å². The van der Waals surface area contributed by atoms with E-state index in [-0.39, 0.29) is 21.1 Å². The molecule has 0 aromatic rings. The maximum Gasteiger partial charge on any atom is 0.133 e. The minimum Gasteiger partial charge on any atom is -0.358 e. The monoisotopic (exact) mass is 555 g/mol. The van der Waals surface area contributed by atoms with Crippen molar-refractivity contribution >= 4 is 29.2 Å². The first-order valence-electron chi connectivity index (χ1n) is 13.7. The van der Waals surface area contributed by atoms with Crippen LogP contribution in [0.1, 0.15) is 155 Å². The van der Waals surface area contributed by atoms with Gasteiger partial charge in [0.05, 0.1) is 0 Å². The van der Waals surface area contributed by atoms with Crippen LogP contribution in [0, 0.1) is 0 Å². The summed E-state index contributed by atoms with van der Waals surface area (Å²) in [5, 5.41) is 0. The Kier molecular flexibility index (Phi) is 31.9. The van der Waals surface area contributed by atoms with Crippen LogP contribution in [-0.2, 0) is 21.1 Å². The molecule has 0 rings (SSSR count). The average molecular weight is 554 g/mol. The third-order valence-electron chi connectivity index (χ3n) is 6.33. The van der Waals surface area contributed by atoms with E-state index in [1.54, 1.807) is 0 Å². The van der Waals surface area contributed by atoms with E-state index in [0.717, 1.165) is 17.4 Å². The Hall–Kier alpha value is 0.928. The van der Waals surface area contributed by atoms with Crippen LogP contribution < -0.4 is 0 Å². The second-order valence-electron chi connectivity index (χ2n) is 9.34. The molecular weight excluding hydrogens is 498 g/mol. The van der Waals surface area contributed by atoms with Gasteiger partial charge < -0.3 is 4.90 Å². The van der Waals surface area contributed by atoms with Gasteiger partial charge in [-0.2, -0.15) is 0 Å². The summed E-state index contributed by atoms with van der Waals surface area (Å²) in [5.74, 6) is 0. The molecule has 0 unspecified atom stereocenters. The second-order valence-corrected chi connectivity index (χ2v) is 10.5. The van der Waals surface area contributed by atoms with Gasteiger partial charge in [0, 0.05) is 34.2 Å². The summed E-state index contributed by atoms with van der Waals surface area (Å²) >= 11 is 9.83. The minimum absolute atomic E-state index is 0. The van der Waals surface area contributed by atoms with Crippen molar-refractivity contribution < 1.29 is 21.1 Å². The molecule has 1 nitrogen and oxygen atoms in total. The average Bonchev–Trinajstić information content (AvgIpc) is 2.74. The third kappa shape index (κ3) is 27.1. The Morgan fingerprint density at radius 3 is 0.935 bits per heavy atom. The van der Waals surface area contributed by atoms with Crippen molar-refractivity contribution in [3.8, 4) is 0 Å². The fraction of sp³-hybridized carbons (Fsp3) is 0.963. The van der Waals surface area contributed by atoms with Crippen LogP contribution in [0.2, 0.25) is 0 Å². The molecule has 0 aliphatic heterocycles. The molecule has 0 radical (unpaired) electrons. The van der Waals surface area contributed by atoms with Gasteiger partial charge in [0.25, 0.3) is 0 Å². The molecule has 0 aliphatic carbocycles. The van der Waals surface area contributed by atoms with E-state index >= 15 is 0 Å². The van der Waals surface area contributed by atoms with E-state index in [1.165, 1.54) is 141 Å². The molecule has 0 bridgehead atoms. The van der Waals surface area contributed by atoms with Crippen molar-refractivity contribution in [3.63, 3.8) is 0 Å². The zero-order valence-electron chi connectivity index (χ0n) is 21.2. The maximum absolute atomic E-state index is 5.36. The molecule has 0 heterocycles. The first kappa shape index (κ1) is 34.1. The fourth-order valence-electron chi connectivity index (χ4n) is 4.24. The number of hydrogen-bond acceptors (Lipinski definition) is 1. The van der Waals surface area contributed by atoms with Crippen molar-refractivity contribution in [2.24, 2.45) is 0 Å². The number of hydrogen-bond donors (Lipinski definition) is 1. The largest absolute Gasteiger partial charge is 0.358 e. The van der Waals surface area contributed by atoms with Crippen molar-refractivity contribution in [3.05, 3.63) is 0 Å². The Bertz CT molecular complexity index is 326. The van der Waals surface area contributed by atoms with Crippen LogP contribution in [0.5, 0.6) is 0 Å². The smallest absolute Gasteiger partial charge is 0.133 e. The number of thiol groups is 1. The van der Waals surface area contributed by atoms with Gasteiger partial charge in [0.15, 0.2) is 0 Å². The van der Waals surface area contributed by atoms with Crippen LogP contribution in [-0.4, -0.2) is 22.3 Å². The van der Waals surface area contributed by atoms with Gasteiger partial charge in [-0.25, -0.2) is 0 Å². The molecule has 0 spiro atoms. The van der Waals surface area contributed by atoms with Crippen LogP contribution in [0.3, 0.4) is 0 Å². The molecule has 0 aromatic heterocycles. The topological polar surface area (TPSA) is 3.24 Å². The second kappa shape index (κ2) is 29.0. The summed E-state index contributed by atoms with van der Waals surface area (Å²) in [6, 6.07) is 0. The van der Waals surface area contributed by atoms with Crippen molar-refractivity contribution in [2.75, 3.05) is 13.1 Å². The zero-order chi connectivity index (χ0) is 22.1. The Morgan fingerprint density at radius 1 is 0.484 bits per heavy atom. The fourth-order valence-corrected chi connectivity index (χ4v) is 4.62. The Morgan fingerprint density at radius 2 is 0.710 bits per heavy atom. The summed E-state index contributed by atoms with van der Waals surface area (Å²) in [6.45, 7) is 6.80. The first-order valence-corrected chi connectivity index (χ1v) is 14.6. The Labute approximate surface area is 222 Å². The molecule has 0 fully saturated rings. The molecular formula is C27H55MoNS2. The van der Waals surface area contributed by atoms with Crippen LogP contribution in [0.15, 0.2) is 0 Å². The molecule has 0 saturated carbocycles. The van der Waals surface area contributed by atoms with E-state index in [2.05, 4.69) is 31.4 Å². The quantitative estimate of drug-likeness (QED) is 0.0548. The number of rotatable bonds is 24.